The predicted molar refractivity (Wildman–Crippen MR) is 79.7 cm³/mol. The maximum atomic E-state index is 8.97. The van der Waals surface area contributed by atoms with Crippen LogP contribution in [-0.2, 0) is 12.1 Å². The van der Waals surface area contributed by atoms with Gasteiger partial charge >= 0.3 is 0 Å². The van der Waals surface area contributed by atoms with E-state index in [1.807, 2.05) is 23.7 Å². The van der Waals surface area contributed by atoms with Crippen molar-refractivity contribution in [1.29, 1.82) is 5.26 Å². The largest absolute Gasteiger partial charge is 0.495 e. The molecule has 0 spiro atoms. The van der Waals surface area contributed by atoms with Crippen LogP contribution in [0.25, 0.3) is 0 Å². The average Bonchev–Trinajstić information content (AvgIpc) is 3.00. The van der Waals surface area contributed by atoms with Crippen LogP contribution >= 0.6 is 11.3 Å². The van der Waals surface area contributed by atoms with E-state index in [1.165, 1.54) is 0 Å². The van der Waals surface area contributed by atoms with Crippen LogP contribution in [0.5, 0.6) is 5.75 Å². The molecule has 0 aliphatic carbocycles. The van der Waals surface area contributed by atoms with Crippen molar-refractivity contribution in [2.24, 2.45) is 0 Å². The molecule has 104 valence electrons. The summed E-state index contributed by atoms with van der Waals surface area (Å²) in [5, 5.41) is 15.5. The zero-order valence-corrected chi connectivity index (χ0v) is 12.6. The Kier molecular flexibility index (Phi) is 4.38. The van der Waals surface area contributed by atoms with Gasteiger partial charge in [0, 0.05) is 18.1 Å². The van der Waals surface area contributed by atoms with E-state index in [0.29, 0.717) is 17.9 Å². The molecular formula is C15H17N3OS. The average molecular weight is 287 g/mol. The summed E-state index contributed by atoms with van der Waals surface area (Å²) in [7, 11) is 1.58. The maximum absolute atomic E-state index is 8.97. The third kappa shape index (κ3) is 3.16. The van der Waals surface area contributed by atoms with E-state index in [-0.39, 0.29) is 5.54 Å². The van der Waals surface area contributed by atoms with Gasteiger partial charge in [-0.2, -0.15) is 5.26 Å². The molecule has 0 radical (unpaired) electrons. The second-order valence-electron chi connectivity index (χ2n) is 4.96. The molecule has 5 heteroatoms. The highest BCUT2D eigenvalue weighted by atomic mass is 32.1. The van der Waals surface area contributed by atoms with E-state index < -0.39 is 0 Å². The highest BCUT2D eigenvalue weighted by Gasteiger charge is 2.22. The first-order chi connectivity index (χ1) is 9.56. The van der Waals surface area contributed by atoms with Gasteiger partial charge in [0.05, 0.1) is 18.2 Å². The Morgan fingerprint density at radius 3 is 2.85 bits per heavy atom. The zero-order valence-electron chi connectivity index (χ0n) is 11.8. The van der Waals surface area contributed by atoms with Crippen molar-refractivity contribution >= 4 is 11.3 Å². The number of methoxy groups -OCH3 is 1. The lowest BCUT2D eigenvalue weighted by molar-refractivity contribution is 0.395. The predicted octanol–water partition coefficient (Wildman–Crippen LogP) is 3.05. The lowest BCUT2D eigenvalue weighted by Gasteiger charge is -2.24. The number of rotatable bonds is 5. The molecule has 0 atom stereocenters. The van der Waals surface area contributed by atoms with Gasteiger partial charge in [-0.3, -0.25) is 0 Å². The Hall–Kier alpha value is -1.90. The van der Waals surface area contributed by atoms with Crippen LogP contribution in [0.1, 0.15) is 30.0 Å². The summed E-state index contributed by atoms with van der Waals surface area (Å²) < 4.78 is 5.22. The maximum Gasteiger partial charge on any atom is 0.136 e. The van der Waals surface area contributed by atoms with Gasteiger partial charge in [0.2, 0.25) is 0 Å². The summed E-state index contributed by atoms with van der Waals surface area (Å²) in [6, 6.07) is 7.73. The molecule has 1 N–H and O–H groups in total. The van der Waals surface area contributed by atoms with Crippen molar-refractivity contribution < 1.29 is 4.74 Å². The summed E-state index contributed by atoms with van der Waals surface area (Å²) in [5.74, 6) is 0.610. The van der Waals surface area contributed by atoms with E-state index >= 15 is 0 Å². The van der Waals surface area contributed by atoms with Crippen molar-refractivity contribution in [1.82, 2.24) is 10.3 Å². The van der Waals surface area contributed by atoms with Gasteiger partial charge < -0.3 is 10.1 Å². The second-order valence-corrected chi connectivity index (χ2v) is 5.86. The fourth-order valence-electron chi connectivity index (χ4n) is 1.87. The molecule has 0 unspecified atom stereocenters. The normalized spacial score (nSPS) is 11.1. The highest BCUT2D eigenvalue weighted by Crippen LogP contribution is 2.24. The molecule has 20 heavy (non-hydrogen) atoms. The summed E-state index contributed by atoms with van der Waals surface area (Å²) in [6.07, 6.45) is 1.81. The van der Waals surface area contributed by atoms with Gasteiger partial charge in [-0.1, -0.05) is 6.07 Å². The molecular weight excluding hydrogens is 270 g/mol. The first-order valence-electron chi connectivity index (χ1n) is 6.29. The Balaban J connectivity index is 2.10. The lowest BCUT2D eigenvalue weighted by Crippen LogP contribution is -2.35. The van der Waals surface area contributed by atoms with Crippen molar-refractivity contribution in [2.75, 3.05) is 7.11 Å². The smallest absolute Gasteiger partial charge is 0.136 e. The first kappa shape index (κ1) is 14.5. The van der Waals surface area contributed by atoms with Crippen LogP contribution in [0.15, 0.2) is 29.8 Å². The summed E-state index contributed by atoms with van der Waals surface area (Å²) in [4.78, 5) is 4.35. The molecule has 2 aromatic rings. The molecule has 1 heterocycles. The number of ether oxygens (including phenoxy) is 1. The first-order valence-corrected chi connectivity index (χ1v) is 7.17. The van der Waals surface area contributed by atoms with Gasteiger partial charge in [-0.25, -0.2) is 4.98 Å². The minimum absolute atomic E-state index is 0.185. The molecule has 0 bridgehead atoms. The summed E-state index contributed by atoms with van der Waals surface area (Å²) in [5.41, 5.74) is 1.44. The van der Waals surface area contributed by atoms with Gasteiger partial charge in [-0.15, -0.1) is 11.3 Å². The standard InChI is InChI=1S/C15H17N3OS/c1-15(2,14-17-6-7-20-14)18-10-11-4-5-12(9-16)13(8-11)19-3/h4-8,18H,10H2,1-3H3. The molecule has 1 aromatic heterocycles. The van der Waals surface area contributed by atoms with Crippen LogP contribution in [-0.4, -0.2) is 12.1 Å². The van der Waals surface area contributed by atoms with Gasteiger partial charge in [0.25, 0.3) is 0 Å². The van der Waals surface area contributed by atoms with Crippen LogP contribution in [0.4, 0.5) is 0 Å². The monoisotopic (exact) mass is 287 g/mol. The fraction of sp³-hybridized carbons (Fsp3) is 0.333. The van der Waals surface area contributed by atoms with Crippen LogP contribution in [0.2, 0.25) is 0 Å². The Labute approximate surface area is 123 Å². The number of nitriles is 1. The lowest BCUT2D eigenvalue weighted by atomic mass is 10.1. The fourth-order valence-corrected chi connectivity index (χ4v) is 2.61. The molecule has 0 fully saturated rings. The SMILES string of the molecule is COc1cc(CNC(C)(C)c2nccs2)ccc1C#N. The van der Waals surface area contributed by atoms with Crippen molar-refractivity contribution in [3.63, 3.8) is 0 Å². The van der Waals surface area contributed by atoms with Crippen LogP contribution in [0.3, 0.4) is 0 Å². The van der Waals surface area contributed by atoms with Crippen molar-refractivity contribution in [2.45, 2.75) is 25.9 Å². The molecule has 2 rings (SSSR count). The molecule has 0 saturated carbocycles. The third-order valence-electron chi connectivity index (χ3n) is 3.09. The van der Waals surface area contributed by atoms with Gasteiger partial charge in [0.1, 0.15) is 16.8 Å². The van der Waals surface area contributed by atoms with E-state index in [4.69, 9.17) is 10.00 Å². The molecule has 4 nitrogen and oxygen atoms in total. The topological polar surface area (TPSA) is 57.9 Å². The highest BCUT2D eigenvalue weighted by molar-refractivity contribution is 7.09. The Morgan fingerprint density at radius 2 is 2.25 bits per heavy atom. The number of nitrogens with one attached hydrogen (secondary N) is 1. The number of aromatic nitrogens is 1. The minimum atomic E-state index is -0.185. The Morgan fingerprint density at radius 1 is 1.45 bits per heavy atom. The number of nitrogens with zero attached hydrogens (tertiary/aromatic N) is 2. The Bertz CT molecular complexity index is 615. The van der Waals surface area contributed by atoms with Crippen LogP contribution in [0, 0.1) is 11.3 Å². The van der Waals surface area contributed by atoms with Crippen molar-refractivity contribution in [3.8, 4) is 11.8 Å². The molecule has 0 aliphatic heterocycles. The molecule has 0 amide bonds. The number of hydrogen-bond donors (Lipinski definition) is 1. The van der Waals surface area contributed by atoms with E-state index in [1.54, 1.807) is 24.5 Å². The zero-order chi connectivity index (χ0) is 14.6. The third-order valence-corrected chi connectivity index (χ3v) is 4.18. The molecule has 0 saturated heterocycles. The second kappa shape index (κ2) is 6.04. The number of hydrogen-bond acceptors (Lipinski definition) is 5. The van der Waals surface area contributed by atoms with E-state index in [2.05, 4.69) is 30.2 Å². The van der Waals surface area contributed by atoms with Gasteiger partial charge in [0.15, 0.2) is 0 Å². The number of thiazole rings is 1. The van der Waals surface area contributed by atoms with Crippen LogP contribution < -0.4 is 10.1 Å². The minimum Gasteiger partial charge on any atom is -0.495 e. The quantitative estimate of drug-likeness (QED) is 0.918. The summed E-state index contributed by atoms with van der Waals surface area (Å²) >= 11 is 1.64. The van der Waals surface area contributed by atoms with E-state index in [0.717, 1.165) is 10.6 Å². The van der Waals surface area contributed by atoms with E-state index in [9.17, 15) is 0 Å². The van der Waals surface area contributed by atoms with Gasteiger partial charge in [-0.05, 0) is 31.5 Å². The number of benzene rings is 1. The molecule has 0 aliphatic rings. The molecule has 1 aromatic carbocycles. The van der Waals surface area contributed by atoms with Crippen molar-refractivity contribution in [3.05, 3.63) is 45.9 Å². The summed E-state index contributed by atoms with van der Waals surface area (Å²) in [6.45, 7) is 4.90.